The summed E-state index contributed by atoms with van der Waals surface area (Å²) in [4.78, 5) is 23.1. The molecular weight excluding hydrogens is 280 g/mol. The third-order valence-electron chi connectivity index (χ3n) is 3.17. The second-order valence-corrected chi connectivity index (χ2v) is 6.85. The second kappa shape index (κ2) is 5.62. The van der Waals surface area contributed by atoms with Crippen LogP contribution < -0.4 is 10.6 Å². The van der Waals surface area contributed by atoms with Crippen LogP contribution in [-0.2, 0) is 19.4 Å². The van der Waals surface area contributed by atoms with Gasteiger partial charge in [0.05, 0.1) is 10.6 Å². The molecule has 1 fully saturated rings. The van der Waals surface area contributed by atoms with Crippen LogP contribution in [-0.4, -0.2) is 32.0 Å². The zero-order chi connectivity index (χ0) is 14.8. The summed E-state index contributed by atoms with van der Waals surface area (Å²) in [7, 11) is -3.24. The highest BCUT2D eigenvalue weighted by atomic mass is 32.2. The van der Waals surface area contributed by atoms with Crippen LogP contribution in [0.15, 0.2) is 29.2 Å². The van der Waals surface area contributed by atoms with Crippen molar-refractivity contribution in [2.75, 3.05) is 11.1 Å². The number of rotatable bonds is 4. The maximum Gasteiger partial charge on any atom is 0.246 e. The first kappa shape index (κ1) is 14.5. The van der Waals surface area contributed by atoms with Crippen molar-refractivity contribution in [2.45, 2.75) is 30.7 Å². The molecule has 0 bridgehead atoms. The van der Waals surface area contributed by atoms with Crippen LogP contribution >= 0.6 is 0 Å². The first-order chi connectivity index (χ1) is 9.42. The lowest BCUT2D eigenvalue weighted by Gasteiger charge is -2.11. The lowest BCUT2D eigenvalue weighted by Crippen LogP contribution is -2.37. The molecule has 1 aromatic carbocycles. The summed E-state index contributed by atoms with van der Waals surface area (Å²) in [5.41, 5.74) is 0.506. The fourth-order valence-electron chi connectivity index (χ4n) is 1.95. The first-order valence-corrected chi connectivity index (χ1v) is 8.00. The van der Waals surface area contributed by atoms with Gasteiger partial charge in [0.1, 0.15) is 6.04 Å². The summed E-state index contributed by atoms with van der Waals surface area (Å²) < 4.78 is 23.3. The molecule has 0 aliphatic carbocycles. The van der Waals surface area contributed by atoms with Gasteiger partial charge in [-0.25, -0.2) is 8.42 Å². The topological polar surface area (TPSA) is 92.3 Å². The summed E-state index contributed by atoms with van der Waals surface area (Å²) in [5, 5.41) is 5.22. The van der Waals surface area contributed by atoms with Gasteiger partial charge in [-0.2, -0.15) is 0 Å². The van der Waals surface area contributed by atoms with Crippen LogP contribution in [0.3, 0.4) is 0 Å². The minimum atomic E-state index is -3.24. The van der Waals surface area contributed by atoms with E-state index in [0.717, 1.165) is 0 Å². The molecule has 2 amide bonds. The minimum absolute atomic E-state index is 0.0345. The van der Waals surface area contributed by atoms with E-state index in [9.17, 15) is 18.0 Å². The smallest absolute Gasteiger partial charge is 0.246 e. The van der Waals surface area contributed by atoms with Gasteiger partial charge in [0, 0.05) is 12.1 Å². The van der Waals surface area contributed by atoms with Gasteiger partial charge in [0.25, 0.3) is 0 Å². The van der Waals surface area contributed by atoms with Crippen molar-refractivity contribution >= 4 is 27.3 Å². The summed E-state index contributed by atoms with van der Waals surface area (Å²) in [5.74, 6) is -0.385. The summed E-state index contributed by atoms with van der Waals surface area (Å²) >= 11 is 0. The van der Waals surface area contributed by atoms with E-state index in [2.05, 4.69) is 10.6 Å². The molecule has 2 rings (SSSR count). The molecule has 7 heteroatoms. The molecule has 1 aliphatic heterocycles. The van der Waals surface area contributed by atoms with Gasteiger partial charge in [0.15, 0.2) is 9.84 Å². The van der Waals surface area contributed by atoms with E-state index in [4.69, 9.17) is 0 Å². The number of amides is 2. The minimum Gasteiger partial charge on any atom is -0.344 e. The van der Waals surface area contributed by atoms with Gasteiger partial charge in [-0.15, -0.1) is 0 Å². The van der Waals surface area contributed by atoms with Crippen molar-refractivity contribution in [3.63, 3.8) is 0 Å². The van der Waals surface area contributed by atoms with E-state index in [1.165, 1.54) is 24.3 Å². The summed E-state index contributed by atoms with van der Waals surface area (Å²) in [6.07, 6.45) is 0.832. The highest BCUT2D eigenvalue weighted by Crippen LogP contribution is 2.16. The van der Waals surface area contributed by atoms with Crippen LogP contribution in [0.4, 0.5) is 5.69 Å². The predicted octanol–water partition coefficient (Wildman–Crippen LogP) is 0.697. The normalized spacial score (nSPS) is 18.6. The Morgan fingerprint density at radius 1 is 1.35 bits per heavy atom. The fourth-order valence-corrected chi connectivity index (χ4v) is 2.84. The Hall–Kier alpha value is -1.89. The molecule has 0 saturated carbocycles. The van der Waals surface area contributed by atoms with Crippen molar-refractivity contribution < 1.29 is 18.0 Å². The van der Waals surface area contributed by atoms with E-state index in [1.807, 2.05) is 0 Å². The van der Waals surface area contributed by atoms with Gasteiger partial charge in [0.2, 0.25) is 11.8 Å². The number of nitrogens with one attached hydrogen (secondary N) is 2. The number of carbonyl (C=O) groups excluding carboxylic acids is 2. The standard InChI is InChI=1S/C13H16N2O4S/c1-2-20(18,19)10-5-3-9(4-6-10)14-13(17)11-7-8-12(16)15-11/h3-6,11H,2,7-8H2,1H3,(H,14,17)(H,15,16). The maximum absolute atomic E-state index is 11.9. The lowest BCUT2D eigenvalue weighted by molar-refractivity contribution is -0.122. The van der Waals surface area contributed by atoms with Gasteiger partial charge >= 0.3 is 0 Å². The van der Waals surface area contributed by atoms with E-state index >= 15 is 0 Å². The SMILES string of the molecule is CCS(=O)(=O)c1ccc(NC(=O)C2CCC(=O)N2)cc1. The molecular formula is C13H16N2O4S. The number of sulfone groups is 1. The van der Waals surface area contributed by atoms with Crippen molar-refractivity contribution in [1.82, 2.24) is 5.32 Å². The van der Waals surface area contributed by atoms with Crippen LogP contribution in [0.25, 0.3) is 0 Å². The number of hydrogen-bond acceptors (Lipinski definition) is 4. The highest BCUT2D eigenvalue weighted by Gasteiger charge is 2.27. The molecule has 1 aromatic rings. The lowest BCUT2D eigenvalue weighted by atomic mass is 10.2. The fraction of sp³-hybridized carbons (Fsp3) is 0.385. The molecule has 1 saturated heterocycles. The third-order valence-corrected chi connectivity index (χ3v) is 4.92. The second-order valence-electron chi connectivity index (χ2n) is 4.58. The molecule has 20 heavy (non-hydrogen) atoms. The zero-order valence-electron chi connectivity index (χ0n) is 11.0. The van der Waals surface area contributed by atoms with Crippen molar-refractivity contribution in [3.05, 3.63) is 24.3 Å². The van der Waals surface area contributed by atoms with Gasteiger partial charge in [-0.3, -0.25) is 9.59 Å². The van der Waals surface area contributed by atoms with E-state index in [0.29, 0.717) is 18.5 Å². The van der Waals surface area contributed by atoms with Crippen LogP contribution in [0.1, 0.15) is 19.8 Å². The van der Waals surface area contributed by atoms with Crippen molar-refractivity contribution in [1.29, 1.82) is 0 Å². The molecule has 1 aliphatic rings. The zero-order valence-corrected chi connectivity index (χ0v) is 11.9. The molecule has 0 aromatic heterocycles. The summed E-state index contributed by atoms with van der Waals surface area (Å²) in [6.45, 7) is 1.58. The van der Waals surface area contributed by atoms with Crippen LogP contribution in [0.5, 0.6) is 0 Å². The predicted molar refractivity (Wildman–Crippen MR) is 74.0 cm³/mol. The van der Waals surface area contributed by atoms with Gasteiger partial charge in [-0.1, -0.05) is 6.92 Å². The Morgan fingerprint density at radius 3 is 2.50 bits per heavy atom. The number of carbonyl (C=O) groups is 2. The maximum atomic E-state index is 11.9. The Balaban J connectivity index is 2.04. The number of benzene rings is 1. The first-order valence-electron chi connectivity index (χ1n) is 6.35. The highest BCUT2D eigenvalue weighted by molar-refractivity contribution is 7.91. The Morgan fingerprint density at radius 2 is 2.00 bits per heavy atom. The van der Waals surface area contributed by atoms with Gasteiger partial charge < -0.3 is 10.6 Å². The average molecular weight is 296 g/mol. The molecule has 108 valence electrons. The van der Waals surface area contributed by atoms with E-state index in [-0.39, 0.29) is 22.5 Å². The molecule has 0 spiro atoms. The van der Waals surface area contributed by atoms with Gasteiger partial charge in [-0.05, 0) is 30.7 Å². The van der Waals surface area contributed by atoms with E-state index < -0.39 is 15.9 Å². The summed E-state index contributed by atoms with van der Waals surface area (Å²) in [6, 6.07) is 5.49. The van der Waals surface area contributed by atoms with Crippen LogP contribution in [0, 0.1) is 0 Å². The molecule has 6 nitrogen and oxygen atoms in total. The number of anilines is 1. The third kappa shape index (κ3) is 3.16. The molecule has 0 radical (unpaired) electrons. The molecule has 1 unspecified atom stereocenters. The quantitative estimate of drug-likeness (QED) is 0.855. The number of hydrogen-bond donors (Lipinski definition) is 2. The molecule has 1 heterocycles. The largest absolute Gasteiger partial charge is 0.344 e. The monoisotopic (exact) mass is 296 g/mol. The Labute approximate surface area is 117 Å². The van der Waals surface area contributed by atoms with Crippen LogP contribution in [0.2, 0.25) is 0 Å². The molecule has 1 atom stereocenters. The van der Waals surface area contributed by atoms with Crippen molar-refractivity contribution in [3.8, 4) is 0 Å². The Bertz CT molecular complexity index is 622. The Kier molecular flexibility index (Phi) is 4.08. The van der Waals surface area contributed by atoms with Crippen molar-refractivity contribution in [2.24, 2.45) is 0 Å². The molecule has 2 N–H and O–H groups in total. The van der Waals surface area contributed by atoms with E-state index in [1.54, 1.807) is 6.92 Å². The average Bonchev–Trinajstić information content (AvgIpc) is 2.86.